The van der Waals surface area contributed by atoms with Crippen molar-refractivity contribution in [3.63, 3.8) is 0 Å². The Bertz CT molecular complexity index is 6810. The number of hydrogen-bond acceptors (Lipinski definition) is 12. The van der Waals surface area contributed by atoms with Gasteiger partial charge in [-0.15, -0.1) is 0 Å². The third-order valence-electron chi connectivity index (χ3n) is 21.4. The van der Waals surface area contributed by atoms with Crippen molar-refractivity contribution in [3.05, 3.63) is 368 Å². The molecule has 0 aliphatic carbocycles. The first-order valence-corrected chi connectivity index (χ1v) is 41.8. The quantitative estimate of drug-likeness (QED) is 0.0185. The van der Waals surface area contributed by atoms with Gasteiger partial charge in [0.1, 0.15) is 59.4 Å². The summed E-state index contributed by atoms with van der Waals surface area (Å²) in [6, 6.07) is 55.6. The number of aromatic amines is 1. The molecule has 0 saturated heterocycles. The molecule has 30 heteroatoms. The average Bonchev–Trinajstić information content (AvgIpc) is 1.76. The number of para-hydroxylation sites is 1. The molecule has 668 valence electrons. The van der Waals surface area contributed by atoms with Gasteiger partial charge in [-0.25, -0.2) is 35.5 Å². The summed E-state index contributed by atoms with van der Waals surface area (Å²) in [5, 5.41) is 22.3. The topological polar surface area (TPSA) is 294 Å². The van der Waals surface area contributed by atoms with E-state index >= 15 is 0 Å². The lowest BCUT2D eigenvalue weighted by Crippen LogP contribution is -2.34. The Labute approximate surface area is 753 Å². The smallest absolute Gasteiger partial charge is 0.412 e. The van der Waals surface area contributed by atoms with E-state index in [0.29, 0.717) is 106 Å². The molecule has 0 aliphatic rings. The van der Waals surface area contributed by atoms with Crippen LogP contribution in [-0.2, 0) is 57.9 Å². The molecule has 15 aromatic rings. The first-order valence-electron chi connectivity index (χ1n) is 41.4. The summed E-state index contributed by atoms with van der Waals surface area (Å²) in [5.74, 6) is -7.49. The molecule has 6 heterocycles. The molecule has 0 fully saturated rings. The van der Waals surface area contributed by atoms with E-state index in [9.17, 15) is 69.1 Å². The summed E-state index contributed by atoms with van der Waals surface area (Å²) in [5.41, 5.74) is 10.6. The van der Waals surface area contributed by atoms with Gasteiger partial charge in [-0.2, -0.15) is 0 Å². The zero-order valence-corrected chi connectivity index (χ0v) is 72.9. The summed E-state index contributed by atoms with van der Waals surface area (Å²) in [6.07, 6.45) is 7.61. The largest absolute Gasteiger partial charge is 0.444 e. The third-order valence-corrected chi connectivity index (χ3v) is 21.6. The third kappa shape index (κ3) is 23.5. The maximum atomic E-state index is 14.4. The number of carbonyl (C=O) groups excluding carboxylic acids is 8. The zero-order chi connectivity index (χ0) is 93.5. The van der Waals surface area contributed by atoms with E-state index in [0.717, 1.165) is 50.9 Å². The predicted molar refractivity (Wildman–Crippen MR) is 487 cm³/mol. The van der Waals surface area contributed by atoms with Crippen LogP contribution in [-0.4, -0.2) is 103 Å². The second-order valence-electron chi connectivity index (χ2n) is 31.9. The number of ether oxygens (including phenoxy) is 1. The highest BCUT2D eigenvalue weighted by Gasteiger charge is 2.29. The Hall–Kier alpha value is -15.4. The second kappa shape index (κ2) is 41.6. The number of aromatic nitrogens is 6. The number of fused-ring (bicyclic) bond motifs is 3. The van der Waals surface area contributed by atoms with Gasteiger partial charge in [0, 0.05) is 147 Å². The normalized spacial score (nSPS) is 11.8. The molecule has 0 bridgehead atoms. The zero-order valence-electron chi connectivity index (χ0n) is 72.2. The molecule has 0 saturated carbocycles. The molecule has 9 aromatic carbocycles. The monoisotopic (exact) mass is 1800 g/mol. The minimum Gasteiger partial charge on any atom is -0.444 e. The van der Waals surface area contributed by atoms with E-state index in [1.54, 1.807) is 167 Å². The average molecular weight is 1800 g/mol. The van der Waals surface area contributed by atoms with Crippen molar-refractivity contribution >= 4 is 97.3 Å². The fraction of sp³-hybridized carbons (Fsp3) is 0.178. The number of nitrogens with one attached hydrogen (secondary N) is 8. The van der Waals surface area contributed by atoms with Crippen LogP contribution in [0.1, 0.15) is 132 Å². The van der Waals surface area contributed by atoms with Crippen LogP contribution in [0.25, 0.3) is 66.1 Å². The van der Waals surface area contributed by atoms with Gasteiger partial charge in [-0.3, -0.25) is 53.8 Å². The number of amides is 7. The number of carbonyl (C=O) groups is 8. The van der Waals surface area contributed by atoms with Crippen LogP contribution in [0, 0.1) is 47.6 Å². The fourth-order valence-corrected chi connectivity index (χ4v) is 15.9. The molecule has 0 unspecified atom stereocenters. The van der Waals surface area contributed by atoms with Crippen LogP contribution in [0.3, 0.4) is 0 Å². The lowest BCUT2D eigenvalue weighted by molar-refractivity contribution is -0.123. The van der Waals surface area contributed by atoms with E-state index < -0.39 is 76.4 Å². The van der Waals surface area contributed by atoms with Crippen LogP contribution in [0.15, 0.2) is 255 Å². The number of pyridine rings is 3. The maximum absolute atomic E-state index is 14.4. The SMILES string of the molecule is CNC(=O)c1cc(-c2cccnc2[C@H](Cc2cc(F)cc(F)c2)NC(=O)Cn2ccc3ccc(Cl)cc32)ccc1F.CNC(=O)c1cccc(-c2cccnc2[C@H](Cc2cc(F)cc(F)c2)NC(=O)Cc2c[nH]c3ccc(NC(=O)OC(C)(C)C)cc23)c1.CNC(=O)c1cccc(-c2cccnc2[C@H](Cc2cc(F)cc(F)c2)NC(=O)Cn2c(C)c(C(C)=O)c3ccccc32)c1. The van der Waals surface area contributed by atoms with Crippen LogP contribution in [0.2, 0.25) is 5.02 Å². The van der Waals surface area contributed by atoms with Gasteiger partial charge in [0.15, 0.2) is 5.78 Å². The molecule has 22 nitrogen and oxygen atoms in total. The van der Waals surface area contributed by atoms with Crippen molar-refractivity contribution in [1.82, 2.24) is 61.0 Å². The van der Waals surface area contributed by atoms with Crippen molar-refractivity contribution < 1.29 is 73.8 Å². The van der Waals surface area contributed by atoms with E-state index in [2.05, 4.69) is 57.2 Å². The summed E-state index contributed by atoms with van der Waals surface area (Å²) >= 11 is 6.16. The highest BCUT2D eigenvalue weighted by Crippen LogP contribution is 2.37. The maximum Gasteiger partial charge on any atom is 0.412 e. The summed E-state index contributed by atoms with van der Waals surface area (Å²) in [6.45, 7) is 8.45. The number of anilines is 1. The molecule has 3 atom stereocenters. The predicted octanol–water partition coefficient (Wildman–Crippen LogP) is 19.0. The van der Waals surface area contributed by atoms with E-state index in [4.69, 9.17) is 16.3 Å². The van der Waals surface area contributed by atoms with Crippen LogP contribution < -0.4 is 37.2 Å². The Balaban J connectivity index is 0.000000168. The minimum absolute atomic E-state index is 0.00614. The first-order chi connectivity index (χ1) is 62.7. The molecule has 0 spiro atoms. The van der Waals surface area contributed by atoms with Gasteiger partial charge in [-0.1, -0.05) is 84.4 Å². The number of ketones is 1. The highest BCUT2D eigenvalue weighted by atomic mass is 35.5. The van der Waals surface area contributed by atoms with Gasteiger partial charge < -0.3 is 50.8 Å². The number of Topliss-reactive ketones (excluding diaryl/α,β-unsaturated/α-hetero) is 1. The van der Waals surface area contributed by atoms with E-state index in [-0.39, 0.29) is 79.7 Å². The standard InChI is InChI=1S/C36H35F2N5O4.C34H30F2N4O3.C31H24ClF3N4O2/c1-36(2,3)47-35(46)42-27-10-11-30-29(19-27)24(20-41-30)17-32(44)43-31(15-21-13-25(37)18-26(38)14-21)33-28(9-6-12-40-33)22-7-5-8-23(16-22)34(45)39-4;1-20-32(21(2)41)28-10-4-5-12-30(28)40(20)19-31(42)39-29(16-22-14-25(35)18-26(36)15-22)33-27(11-7-13-38-33)23-8-6-9-24(17-23)34(43)37-3;1-36-31(41)25-14-20(5-7-26(25)35)24-3-2-9-37-30(24)27(13-18-11-22(33)16-23(34)12-18)38-29(40)17-39-10-8-19-4-6-21(32)15-28(19)39/h5-14,16,18-20,31,41H,15,17H2,1-4H3,(H,39,45)(H,42,46)(H,43,44);4-15,17-18,29H,16,19H2,1-3H3,(H,37,43)(H,39,42);2-12,14-16,27H,13,17H2,1H3,(H,36,41)(H,38,40)/t31-;29-;27-/m000/s1. The van der Waals surface area contributed by atoms with Crippen LogP contribution >= 0.6 is 11.6 Å². The number of H-pyrrole nitrogens is 1. The molecular formula is C101H89ClF7N13O9. The van der Waals surface area contributed by atoms with Gasteiger partial charge >= 0.3 is 6.09 Å². The Kier molecular flexibility index (Phi) is 29.6. The number of hydrogen-bond donors (Lipinski definition) is 8. The fourth-order valence-electron chi connectivity index (χ4n) is 15.7. The molecule has 15 rings (SSSR count). The number of nitrogens with zero attached hydrogens (tertiary/aromatic N) is 5. The van der Waals surface area contributed by atoms with Crippen molar-refractivity contribution in [2.45, 2.75) is 97.1 Å². The van der Waals surface area contributed by atoms with Crippen LogP contribution in [0.5, 0.6) is 0 Å². The van der Waals surface area contributed by atoms with Gasteiger partial charge in [0.05, 0.1) is 47.2 Å². The number of rotatable bonds is 26. The molecule has 0 aliphatic heterocycles. The number of benzene rings is 9. The van der Waals surface area contributed by atoms with Gasteiger partial charge in [0.2, 0.25) is 17.7 Å². The molecule has 0 radical (unpaired) electrons. The van der Waals surface area contributed by atoms with E-state index in [1.165, 1.54) is 74.8 Å². The lowest BCUT2D eigenvalue weighted by atomic mass is 9.94. The van der Waals surface area contributed by atoms with Crippen molar-refractivity contribution in [3.8, 4) is 33.4 Å². The van der Waals surface area contributed by atoms with Crippen molar-refractivity contribution in [1.29, 1.82) is 0 Å². The summed E-state index contributed by atoms with van der Waals surface area (Å²) < 4.78 is 108. The van der Waals surface area contributed by atoms with Gasteiger partial charge in [0.25, 0.3) is 17.7 Å². The van der Waals surface area contributed by atoms with Gasteiger partial charge in [-0.05, 0) is 232 Å². The Morgan fingerprint density at radius 1 is 0.473 bits per heavy atom. The second-order valence-corrected chi connectivity index (χ2v) is 32.3. The molecule has 8 N–H and O–H groups in total. The van der Waals surface area contributed by atoms with Crippen LogP contribution in [0.4, 0.5) is 41.2 Å². The Morgan fingerprint density at radius 3 is 1.44 bits per heavy atom. The summed E-state index contributed by atoms with van der Waals surface area (Å²) in [4.78, 5) is 119. The number of halogens is 8. The molecule has 6 aromatic heterocycles. The Morgan fingerprint density at radius 2 is 0.954 bits per heavy atom. The first kappa shape index (κ1) is 93.3. The molecule has 131 heavy (non-hydrogen) atoms. The summed E-state index contributed by atoms with van der Waals surface area (Å²) in [7, 11) is 4.49. The minimum atomic E-state index is -0.834. The lowest BCUT2D eigenvalue weighted by Gasteiger charge is -2.22. The van der Waals surface area contributed by atoms with Crippen molar-refractivity contribution in [2.24, 2.45) is 0 Å². The highest BCUT2D eigenvalue weighted by molar-refractivity contribution is 6.31. The van der Waals surface area contributed by atoms with E-state index in [1.807, 2.05) is 60.7 Å². The molecule has 7 amide bonds. The van der Waals surface area contributed by atoms with Crippen molar-refractivity contribution in [2.75, 3.05) is 26.5 Å². The molecular weight excluding hydrogens is 1710 g/mol.